The molecule has 1 fully saturated rings. The van der Waals surface area contributed by atoms with Crippen molar-refractivity contribution in [3.63, 3.8) is 0 Å². The van der Waals surface area contributed by atoms with E-state index < -0.39 is 0 Å². The molecule has 0 bridgehead atoms. The number of benzene rings is 1. The number of thiophene rings is 1. The third-order valence-electron chi connectivity index (χ3n) is 4.58. The van der Waals surface area contributed by atoms with E-state index in [9.17, 15) is 4.79 Å². The SMILES string of the molecule is Nc1c(C(=O)Nc2c[n+](C3CC3)no2)sc2nc(-c3ccc(Cl)cc3)ccc12. The number of halogens is 1. The maximum Gasteiger partial charge on any atom is 0.302 e. The first-order valence-electron chi connectivity index (χ1n) is 8.73. The van der Waals surface area contributed by atoms with Crippen LogP contribution in [-0.4, -0.2) is 16.2 Å². The van der Waals surface area contributed by atoms with E-state index in [-0.39, 0.29) is 5.91 Å². The Morgan fingerprint density at radius 2 is 2.04 bits per heavy atom. The molecule has 0 aliphatic heterocycles. The van der Waals surface area contributed by atoms with Crippen molar-refractivity contribution in [1.29, 1.82) is 0 Å². The molecule has 3 aromatic heterocycles. The van der Waals surface area contributed by atoms with Gasteiger partial charge >= 0.3 is 5.88 Å². The van der Waals surface area contributed by atoms with Gasteiger partial charge in [0.25, 0.3) is 12.1 Å². The minimum absolute atomic E-state index is 0.295. The van der Waals surface area contributed by atoms with Gasteiger partial charge in [0, 0.05) is 28.8 Å². The van der Waals surface area contributed by atoms with Crippen LogP contribution < -0.4 is 15.7 Å². The first kappa shape index (κ1) is 17.2. The highest BCUT2D eigenvalue weighted by molar-refractivity contribution is 7.21. The molecular weight excluding hydrogens is 398 g/mol. The molecule has 140 valence electrons. The predicted molar refractivity (Wildman–Crippen MR) is 107 cm³/mol. The molecule has 1 aliphatic rings. The van der Waals surface area contributed by atoms with Gasteiger partial charge in [-0.2, -0.15) is 0 Å². The van der Waals surface area contributed by atoms with Crippen LogP contribution in [0.4, 0.5) is 11.6 Å². The van der Waals surface area contributed by atoms with Crippen molar-refractivity contribution >= 4 is 50.6 Å². The van der Waals surface area contributed by atoms with Crippen molar-refractivity contribution < 1.29 is 14.0 Å². The summed E-state index contributed by atoms with van der Waals surface area (Å²) in [7, 11) is 0. The number of rotatable bonds is 4. The fourth-order valence-electron chi connectivity index (χ4n) is 2.94. The van der Waals surface area contributed by atoms with Crippen molar-refractivity contribution in [3.8, 4) is 11.3 Å². The van der Waals surface area contributed by atoms with Gasteiger partial charge < -0.3 is 5.73 Å². The number of nitrogen functional groups attached to an aromatic ring is 1. The van der Waals surface area contributed by atoms with Crippen molar-refractivity contribution in [1.82, 2.24) is 10.3 Å². The monoisotopic (exact) mass is 412 g/mol. The average Bonchev–Trinajstić information content (AvgIpc) is 3.36. The second-order valence-electron chi connectivity index (χ2n) is 6.63. The Morgan fingerprint density at radius 3 is 2.79 bits per heavy atom. The molecule has 0 atom stereocenters. The van der Waals surface area contributed by atoms with E-state index in [2.05, 4.69) is 15.6 Å². The van der Waals surface area contributed by atoms with Crippen LogP contribution in [0.2, 0.25) is 5.02 Å². The molecule has 7 nitrogen and oxygen atoms in total. The largest absolute Gasteiger partial charge is 0.397 e. The molecule has 28 heavy (non-hydrogen) atoms. The van der Waals surface area contributed by atoms with E-state index in [1.165, 1.54) is 11.3 Å². The lowest BCUT2D eigenvalue weighted by molar-refractivity contribution is -0.765. The average molecular weight is 413 g/mol. The van der Waals surface area contributed by atoms with Gasteiger partial charge in [0.1, 0.15) is 9.71 Å². The van der Waals surface area contributed by atoms with Crippen LogP contribution >= 0.6 is 22.9 Å². The number of amides is 1. The van der Waals surface area contributed by atoms with E-state index in [1.807, 2.05) is 36.4 Å². The first-order valence-corrected chi connectivity index (χ1v) is 9.92. The highest BCUT2D eigenvalue weighted by Gasteiger charge is 2.36. The predicted octanol–water partition coefficient (Wildman–Crippen LogP) is 4.06. The van der Waals surface area contributed by atoms with Gasteiger partial charge in [-0.25, -0.2) is 4.98 Å². The van der Waals surface area contributed by atoms with E-state index in [4.69, 9.17) is 21.9 Å². The quantitative estimate of drug-likeness (QED) is 0.492. The number of nitrogens with two attached hydrogens (primary N) is 1. The Morgan fingerprint density at radius 1 is 1.25 bits per heavy atom. The van der Waals surface area contributed by atoms with E-state index in [0.29, 0.717) is 32.3 Å². The molecule has 9 heteroatoms. The summed E-state index contributed by atoms with van der Waals surface area (Å²) >= 11 is 7.19. The van der Waals surface area contributed by atoms with Crippen LogP contribution in [0.3, 0.4) is 0 Å². The number of hydrogen-bond acceptors (Lipinski definition) is 6. The lowest BCUT2D eigenvalue weighted by Crippen LogP contribution is -2.32. The highest BCUT2D eigenvalue weighted by atomic mass is 35.5. The van der Waals surface area contributed by atoms with Crippen molar-refractivity contribution in [3.05, 3.63) is 52.5 Å². The summed E-state index contributed by atoms with van der Waals surface area (Å²) in [6.07, 6.45) is 3.85. The first-order chi connectivity index (χ1) is 13.6. The lowest BCUT2D eigenvalue weighted by Gasteiger charge is -2.01. The molecule has 5 rings (SSSR count). The summed E-state index contributed by atoms with van der Waals surface area (Å²) in [5.41, 5.74) is 8.34. The van der Waals surface area contributed by atoms with E-state index in [1.54, 1.807) is 10.9 Å². The third-order valence-corrected chi connectivity index (χ3v) is 5.95. The van der Waals surface area contributed by atoms with Crippen LogP contribution in [0.5, 0.6) is 0 Å². The summed E-state index contributed by atoms with van der Waals surface area (Å²) in [6.45, 7) is 0. The fraction of sp³-hybridized carbons (Fsp3) is 0.158. The standard InChI is InChI=1S/C19H14ClN5O2S/c20-11-3-1-10(2-4-11)14-8-7-13-16(21)17(28-19(13)22-14)18(26)23-15-9-25(24-27-15)12-5-6-12/h1-4,7-9,12H,5-6H2,(H2-,21,23,24,26)/p+1. The highest BCUT2D eigenvalue weighted by Crippen LogP contribution is 2.35. The number of hydrogen-bond donors (Lipinski definition) is 2. The van der Waals surface area contributed by atoms with E-state index in [0.717, 1.165) is 29.5 Å². The smallest absolute Gasteiger partial charge is 0.302 e. The molecule has 3 N–H and O–H groups in total. The normalized spacial score (nSPS) is 13.8. The molecule has 0 spiro atoms. The van der Waals surface area contributed by atoms with Crippen LogP contribution in [0.1, 0.15) is 28.6 Å². The zero-order valence-corrected chi connectivity index (χ0v) is 16.1. The van der Waals surface area contributed by atoms with Gasteiger partial charge in [-0.05, 0) is 28.9 Å². The van der Waals surface area contributed by atoms with Gasteiger partial charge in [-0.1, -0.05) is 23.7 Å². The number of carbonyl (C=O) groups excluding carboxylic acids is 1. The second kappa shape index (κ2) is 6.57. The van der Waals surface area contributed by atoms with Gasteiger partial charge in [0.2, 0.25) is 5.27 Å². The Bertz CT molecular complexity index is 1200. The molecule has 4 aromatic rings. The third kappa shape index (κ3) is 3.10. The van der Waals surface area contributed by atoms with Crippen LogP contribution in [0, 0.1) is 0 Å². The maximum absolute atomic E-state index is 12.7. The Balaban J connectivity index is 1.44. The summed E-state index contributed by atoms with van der Waals surface area (Å²) in [4.78, 5) is 18.4. The molecule has 0 unspecified atom stereocenters. The lowest BCUT2D eigenvalue weighted by atomic mass is 10.1. The molecular formula is C19H15ClN5O2S+. The summed E-state index contributed by atoms with van der Waals surface area (Å²) in [6, 6.07) is 11.6. The van der Waals surface area contributed by atoms with E-state index >= 15 is 0 Å². The van der Waals surface area contributed by atoms with Crippen LogP contribution in [0.15, 0.2) is 47.1 Å². The molecule has 3 heterocycles. The number of carbonyl (C=O) groups is 1. The number of nitrogens with zero attached hydrogens (tertiary/aromatic N) is 3. The maximum atomic E-state index is 12.7. The minimum atomic E-state index is -0.340. The van der Waals surface area contributed by atoms with Crippen LogP contribution in [-0.2, 0) is 0 Å². The zero-order valence-electron chi connectivity index (χ0n) is 14.6. The number of aromatic nitrogens is 3. The second-order valence-corrected chi connectivity index (χ2v) is 8.07. The summed E-state index contributed by atoms with van der Waals surface area (Å²) in [5.74, 6) is -0.0452. The topological polar surface area (TPSA) is 97.9 Å². The molecule has 0 radical (unpaired) electrons. The minimum Gasteiger partial charge on any atom is -0.397 e. The number of pyridine rings is 1. The number of fused-ring (bicyclic) bond motifs is 1. The Kier molecular flexibility index (Phi) is 4.03. The Hall–Kier alpha value is -2.97. The van der Waals surface area contributed by atoms with Crippen molar-refractivity contribution in [2.45, 2.75) is 18.9 Å². The number of nitrogens with one attached hydrogen (secondary N) is 1. The number of anilines is 2. The van der Waals surface area contributed by atoms with Gasteiger partial charge in [-0.15, -0.1) is 11.3 Å². The van der Waals surface area contributed by atoms with Crippen molar-refractivity contribution in [2.24, 2.45) is 0 Å². The fourth-order valence-corrected chi connectivity index (χ4v) is 4.06. The summed E-state index contributed by atoms with van der Waals surface area (Å²) in [5, 5.41) is 8.05. The zero-order chi connectivity index (χ0) is 19.3. The molecule has 1 aromatic carbocycles. The van der Waals surface area contributed by atoms with Gasteiger partial charge in [0.15, 0.2) is 6.04 Å². The van der Waals surface area contributed by atoms with Gasteiger partial charge in [-0.3, -0.25) is 14.6 Å². The Labute approximate surface area is 168 Å². The molecule has 1 aliphatic carbocycles. The van der Waals surface area contributed by atoms with Crippen LogP contribution in [0.25, 0.3) is 21.5 Å². The van der Waals surface area contributed by atoms with Crippen molar-refractivity contribution in [2.75, 3.05) is 11.1 Å². The summed E-state index contributed by atoms with van der Waals surface area (Å²) < 4.78 is 6.90. The molecule has 1 amide bonds. The molecule has 0 saturated heterocycles. The van der Waals surface area contributed by atoms with Gasteiger partial charge in [0.05, 0.1) is 11.4 Å². The molecule has 1 saturated carbocycles.